The molecule has 0 aromatic heterocycles. The van der Waals surface area contributed by atoms with Crippen molar-refractivity contribution in [2.45, 2.75) is 424 Å². The van der Waals surface area contributed by atoms with E-state index in [-0.39, 0.29) is 38.2 Å². The Morgan fingerprint density at radius 2 is 0.543 bits per heavy atom. The third-order valence-electron chi connectivity index (χ3n) is 19.7. The van der Waals surface area contributed by atoms with Gasteiger partial charge in [-0.3, -0.25) is 9.59 Å². The number of allylic oxidation sites excluding steroid dienone is 20. The summed E-state index contributed by atoms with van der Waals surface area (Å²) in [5.74, 6) is -1.98. The van der Waals surface area contributed by atoms with Crippen LogP contribution in [-0.2, 0) is 33.3 Å². The normalized spacial score (nSPS) is 13.2. The van der Waals surface area contributed by atoms with Crippen molar-refractivity contribution in [2.75, 3.05) is 47.5 Å². The third-order valence-corrected chi connectivity index (χ3v) is 19.7. The van der Waals surface area contributed by atoms with Crippen LogP contribution in [0.4, 0.5) is 0 Å². The Balaban J connectivity index is 3.94. The minimum Gasteiger partial charge on any atom is -0.477 e. The summed E-state index contributed by atoms with van der Waals surface area (Å²) in [4.78, 5) is 37.8. The Labute approximate surface area is 650 Å². The number of nitrogens with zero attached hydrogens (tertiary/aromatic N) is 1. The van der Waals surface area contributed by atoms with E-state index >= 15 is 0 Å². The molecule has 2 atom stereocenters. The number of esters is 2. The van der Waals surface area contributed by atoms with Gasteiger partial charge < -0.3 is 28.5 Å². The van der Waals surface area contributed by atoms with E-state index in [2.05, 4.69) is 135 Å². The fourth-order valence-electron chi connectivity index (χ4n) is 12.9. The summed E-state index contributed by atoms with van der Waals surface area (Å²) >= 11 is 0. The maximum atomic E-state index is 13.0. The molecule has 9 heteroatoms. The van der Waals surface area contributed by atoms with Crippen LogP contribution >= 0.6 is 0 Å². The molecule has 0 saturated heterocycles. The Morgan fingerprint density at radius 3 is 0.810 bits per heavy atom. The standard InChI is InChI=1S/C96H169NO8/c1-6-8-10-12-14-16-18-20-22-24-26-28-30-32-34-36-38-40-42-44-46-47-49-51-53-55-57-59-61-63-65-67-69-71-73-75-77-79-81-83-85-87-94(99)105-92(91-104-96(95(100)101)102-89-88-97(3,4)5)90-103-93(98)86-84-82-80-78-76-74-72-70-68-66-64-62-60-58-56-54-52-50-48-45-43-41-39-37-35-33-31-29-27-25-23-21-19-17-15-13-11-9-7-2/h8,10,14,16,19-22,25-28,31-34,38,40,44,46,92,96H,6-7,9,11-13,15,17-18,23-24,29-30,35-37,39,41-43,45,47-91H2,1-5H3/p+1/b10-8-,16-14-,21-19-,22-20-,27-25-,28-26-,33-31-,34-32-,40-38-,46-44-. The molecule has 0 spiro atoms. The van der Waals surface area contributed by atoms with Crippen LogP contribution in [0.1, 0.15) is 412 Å². The average molecular weight is 1470 g/mol. The van der Waals surface area contributed by atoms with Crippen molar-refractivity contribution in [1.82, 2.24) is 0 Å². The number of hydrogen-bond acceptors (Lipinski definition) is 7. The molecule has 0 aliphatic heterocycles. The van der Waals surface area contributed by atoms with Crippen molar-refractivity contribution in [2.24, 2.45) is 0 Å². The molecule has 0 saturated carbocycles. The molecule has 0 aliphatic carbocycles. The first kappa shape index (κ1) is 101. The molecule has 0 aromatic rings. The van der Waals surface area contributed by atoms with Crippen LogP contribution < -0.4 is 0 Å². The van der Waals surface area contributed by atoms with Gasteiger partial charge in [0.2, 0.25) is 0 Å². The zero-order valence-corrected chi connectivity index (χ0v) is 69.6. The molecule has 9 nitrogen and oxygen atoms in total. The highest BCUT2D eigenvalue weighted by Gasteiger charge is 2.25. The maximum absolute atomic E-state index is 13.0. The Bertz CT molecular complexity index is 2160. The van der Waals surface area contributed by atoms with Crippen LogP contribution in [0.15, 0.2) is 122 Å². The summed E-state index contributed by atoms with van der Waals surface area (Å²) < 4.78 is 23.1. The fraction of sp³-hybridized carbons (Fsp3) is 0.760. The zero-order valence-electron chi connectivity index (χ0n) is 69.6. The van der Waals surface area contributed by atoms with Crippen LogP contribution in [0.5, 0.6) is 0 Å². The van der Waals surface area contributed by atoms with Gasteiger partial charge in [0.25, 0.3) is 6.29 Å². The van der Waals surface area contributed by atoms with Gasteiger partial charge in [-0.1, -0.05) is 411 Å². The first-order valence-corrected chi connectivity index (χ1v) is 44.7. The largest absolute Gasteiger partial charge is 0.477 e. The second-order valence-electron chi connectivity index (χ2n) is 31.2. The number of hydrogen-bond donors (Lipinski definition) is 1. The van der Waals surface area contributed by atoms with Crippen LogP contribution in [0.2, 0.25) is 0 Å². The topological polar surface area (TPSA) is 108 Å². The number of aliphatic carboxylic acids is 1. The van der Waals surface area contributed by atoms with E-state index in [1.54, 1.807) is 0 Å². The van der Waals surface area contributed by atoms with Crippen molar-refractivity contribution in [3.05, 3.63) is 122 Å². The van der Waals surface area contributed by atoms with Crippen LogP contribution in [0, 0.1) is 0 Å². The van der Waals surface area contributed by atoms with Gasteiger partial charge in [0.1, 0.15) is 13.2 Å². The van der Waals surface area contributed by atoms with Gasteiger partial charge in [0.05, 0.1) is 34.4 Å². The van der Waals surface area contributed by atoms with Crippen LogP contribution in [0.3, 0.4) is 0 Å². The van der Waals surface area contributed by atoms with E-state index in [0.29, 0.717) is 17.4 Å². The molecule has 0 radical (unpaired) electrons. The molecular formula is C96H170NO8+. The highest BCUT2D eigenvalue weighted by Crippen LogP contribution is 2.20. The number of carboxylic acids is 1. The van der Waals surface area contributed by atoms with Crippen molar-refractivity contribution in [3.8, 4) is 0 Å². The molecule has 0 amide bonds. The average Bonchev–Trinajstić information content (AvgIpc) is 1.18. The van der Waals surface area contributed by atoms with Gasteiger partial charge in [-0.15, -0.1) is 0 Å². The Kier molecular flexibility index (Phi) is 81.8. The number of ether oxygens (including phenoxy) is 4. The van der Waals surface area contributed by atoms with Crippen molar-refractivity contribution in [1.29, 1.82) is 0 Å². The minimum atomic E-state index is -1.51. The SMILES string of the molecule is CC/C=C\C/C=C\C/C=C\C/C=C\C/C=C\C/C=C\C/C=C\CCCCCCCCCCCCCCCCCCCCCC(=O)OC(COC(=O)CCCCCCCCCCCCCCCCCCCCCCCCCC/C=C\C/C=C\C/C=C\CCCCCCC)COC(OCC[N+](C)(C)C)C(=O)O. The molecule has 2 unspecified atom stereocenters. The lowest BCUT2D eigenvalue weighted by molar-refractivity contribution is -0.870. The molecule has 105 heavy (non-hydrogen) atoms. The minimum absolute atomic E-state index is 0.180. The van der Waals surface area contributed by atoms with E-state index in [1.165, 1.54) is 289 Å². The van der Waals surface area contributed by atoms with Gasteiger partial charge >= 0.3 is 17.9 Å². The molecule has 0 fully saturated rings. The number of quaternary nitrogens is 1. The lowest BCUT2D eigenvalue weighted by Gasteiger charge is -2.25. The summed E-state index contributed by atoms with van der Waals surface area (Å²) in [6, 6.07) is 0. The number of carbonyl (C=O) groups is 3. The van der Waals surface area contributed by atoms with E-state index in [0.717, 1.165) is 96.3 Å². The fourth-order valence-corrected chi connectivity index (χ4v) is 12.9. The van der Waals surface area contributed by atoms with Crippen molar-refractivity contribution in [3.63, 3.8) is 0 Å². The summed E-state index contributed by atoms with van der Waals surface area (Å²) in [7, 11) is 6.00. The quantitative estimate of drug-likeness (QED) is 0.0211. The Hall–Kier alpha value is -4.31. The summed E-state index contributed by atoms with van der Waals surface area (Å²) in [6.07, 6.45) is 120. The second kappa shape index (κ2) is 85.3. The first-order chi connectivity index (χ1) is 51.6. The third kappa shape index (κ3) is 86.8. The van der Waals surface area contributed by atoms with Crippen molar-refractivity contribution >= 4 is 17.9 Å². The lowest BCUT2D eigenvalue weighted by Crippen LogP contribution is -2.40. The molecular weight excluding hydrogens is 1300 g/mol. The number of unbranched alkanes of at least 4 members (excludes halogenated alkanes) is 48. The summed E-state index contributed by atoms with van der Waals surface area (Å²) in [5.41, 5.74) is 0. The maximum Gasteiger partial charge on any atom is 0.361 e. The van der Waals surface area contributed by atoms with E-state index < -0.39 is 18.4 Å². The van der Waals surface area contributed by atoms with Gasteiger partial charge in [-0.2, -0.15) is 0 Å². The summed E-state index contributed by atoms with van der Waals surface area (Å²) in [6.45, 7) is 4.80. The first-order valence-electron chi connectivity index (χ1n) is 44.7. The molecule has 606 valence electrons. The smallest absolute Gasteiger partial charge is 0.361 e. The lowest BCUT2D eigenvalue weighted by atomic mass is 10.0. The van der Waals surface area contributed by atoms with Crippen LogP contribution in [-0.4, -0.2) is 87.4 Å². The van der Waals surface area contributed by atoms with Gasteiger partial charge in [-0.25, -0.2) is 4.79 Å². The van der Waals surface area contributed by atoms with Gasteiger partial charge in [-0.05, 0) is 109 Å². The molecule has 0 bridgehead atoms. The highest BCUT2D eigenvalue weighted by molar-refractivity contribution is 5.71. The van der Waals surface area contributed by atoms with E-state index in [4.69, 9.17) is 18.9 Å². The van der Waals surface area contributed by atoms with E-state index in [1.807, 2.05) is 21.1 Å². The van der Waals surface area contributed by atoms with Crippen LogP contribution in [0.25, 0.3) is 0 Å². The molecule has 0 aromatic carbocycles. The van der Waals surface area contributed by atoms with E-state index in [9.17, 15) is 19.5 Å². The zero-order chi connectivity index (χ0) is 76.0. The predicted octanol–water partition coefficient (Wildman–Crippen LogP) is 29.4. The Morgan fingerprint density at radius 1 is 0.295 bits per heavy atom. The monoisotopic (exact) mass is 1470 g/mol. The molecule has 0 aliphatic rings. The molecule has 0 rings (SSSR count). The van der Waals surface area contributed by atoms with Gasteiger partial charge in [0, 0.05) is 12.8 Å². The second-order valence-corrected chi connectivity index (χ2v) is 31.2. The summed E-state index contributed by atoms with van der Waals surface area (Å²) in [5, 5.41) is 9.80. The highest BCUT2D eigenvalue weighted by atomic mass is 16.7. The van der Waals surface area contributed by atoms with Crippen molar-refractivity contribution < 1.29 is 42.9 Å². The number of carbonyl (C=O) groups excluding carboxylic acids is 2. The number of carboxylic acid groups (broad SMARTS) is 1. The van der Waals surface area contributed by atoms with Gasteiger partial charge in [0.15, 0.2) is 6.10 Å². The number of rotatable bonds is 83. The predicted molar refractivity (Wildman–Crippen MR) is 456 cm³/mol. The number of likely N-dealkylation sites (N-methyl/N-ethyl adjacent to an activating group) is 1. The molecule has 1 N–H and O–H groups in total. The molecule has 0 heterocycles.